The first-order valence-electron chi connectivity index (χ1n) is 9.47. The Labute approximate surface area is 156 Å². The Bertz CT molecular complexity index is 481. The van der Waals surface area contributed by atoms with E-state index in [2.05, 4.69) is 0 Å². The van der Waals surface area contributed by atoms with Gasteiger partial charge in [0.15, 0.2) is 0 Å². The highest BCUT2D eigenvalue weighted by atomic mass is 16.6. The number of likely N-dealkylation sites (tertiary alicyclic amines) is 1. The normalized spacial score (nSPS) is 29.5. The van der Waals surface area contributed by atoms with Gasteiger partial charge in [0, 0.05) is 13.7 Å². The fraction of sp³-hybridized carbons (Fsp3) is 0.895. The zero-order chi connectivity index (χ0) is 19.3. The summed E-state index contributed by atoms with van der Waals surface area (Å²) in [5, 5.41) is 0. The van der Waals surface area contributed by atoms with Gasteiger partial charge in [0.05, 0.1) is 37.9 Å². The highest BCUT2D eigenvalue weighted by Gasteiger charge is 2.40. The molecule has 1 saturated carbocycles. The molecule has 0 N–H and O–H groups in total. The van der Waals surface area contributed by atoms with E-state index in [0.717, 1.165) is 32.1 Å². The molecule has 7 nitrogen and oxygen atoms in total. The molecule has 0 spiro atoms. The van der Waals surface area contributed by atoms with Gasteiger partial charge in [-0.2, -0.15) is 0 Å². The average molecular weight is 371 g/mol. The second-order valence-corrected chi connectivity index (χ2v) is 8.13. The second kappa shape index (κ2) is 9.04. The summed E-state index contributed by atoms with van der Waals surface area (Å²) in [7, 11) is 3.10. The third kappa shape index (κ3) is 5.58. The van der Waals surface area contributed by atoms with Crippen LogP contribution in [0.15, 0.2) is 0 Å². The Morgan fingerprint density at radius 1 is 1.04 bits per heavy atom. The van der Waals surface area contributed by atoms with Crippen LogP contribution >= 0.6 is 0 Å². The van der Waals surface area contributed by atoms with Gasteiger partial charge in [-0.15, -0.1) is 0 Å². The lowest BCUT2D eigenvalue weighted by Gasteiger charge is -2.32. The number of methoxy groups -OCH3 is 2. The van der Waals surface area contributed by atoms with Crippen LogP contribution in [0.4, 0.5) is 4.79 Å². The van der Waals surface area contributed by atoms with E-state index >= 15 is 0 Å². The summed E-state index contributed by atoms with van der Waals surface area (Å²) >= 11 is 0. The molecule has 0 bridgehead atoms. The molecule has 2 atom stereocenters. The van der Waals surface area contributed by atoms with Gasteiger partial charge < -0.3 is 23.8 Å². The number of hydrogen-bond donors (Lipinski definition) is 0. The first-order valence-corrected chi connectivity index (χ1v) is 9.47. The molecule has 2 fully saturated rings. The van der Waals surface area contributed by atoms with Gasteiger partial charge in [-0.3, -0.25) is 4.79 Å². The average Bonchev–Trinajstić information content (AvgIpc) is 3.01. The van der Waals surface area contributed by atoms with Gasteiger partial charge in [0.2, 0.25) is 0 Å². The molecule has 1 amide bonds. The van der Waals surface area contributed by atoms with Crippen LogP contribution < -0.4 is 0 Å². The van der Waals surface area contributed by atoms with Gasteiger partial charge in [-0.25, -0.2) is 4.79 Å². The first-order chi connectivity index (χ1) is 12.2. The molecule has 2 aliphatic rings. The number of rotatable bonds is 5. The van der Waals surface area contributed by atoms with Crippen LogP contribution in [0.1, 0.15) is 52.9 Å². The SMILES string of the molecule is COC(=O)C1CCC(OC[C@@H]2[C@@H](OC)CCN2C(=O)OC(C)(C)C)CC1. The third-order valence-corrected chi connectivity index (χ3v) is 5.13. The van der Waals surface area contributed by atoms with Gasteiger partial charge in [-0.1, -0.05) is 0 Å². The van der Waals surface area contributed by atoms with Crippen molar-refractivity contribution in [1.82, 2.24) is 4.90 Å². The smallest absolute Gasteiger partial charge is 0.410 e. The molecule has 2 rings (SSSR count). The minimum atomic E-state index is -0.528. The van der Waals surface area contributed by atoms with Crippen molar-refractivity contribution in [3.63, 3.8) is 0 Å². The number of nitrogens with zero attached hydrogens (tertiary/aromatic N) is 1. The van der Waals surface area contributed by atoms with E-state index in [1.165, 1.54) is 7.11 Å². The molecule has 0 aromatic rings. The summed E-state index contributed by atoms with van der Waals surface area (Å²) in [6.45, 7) is 6.61. The number of esters is 1. The molecule has 1 aliphatic heterocycles. The van der Waals surface area contributed by atoms with Gasteiger partial charge in [0.1, 0.15) is 5.60 Å². The lowest BCUT2D eigenvalue weighted by molar-refractivity contribution is -0.147. The van der Waals surface area contributed by atoms with Crippen LogP contribution in [-0.2, 0) is 23.7 Å². The molecule has 0 aromatic carbocycles. The van der Waals surface area contributed by atoms with Crippen LogP contribution in [0.3, 0.4) is 0 Å². The predicted octanol–water partition coefficient (Wildman–Crippen LogP) is 2.76. The molecular weight excluding hydrogens is 338 g/mol. The quantitative estimate of drug-likeness (QED) is 0.692. The number of amides is 1. The van der Waals surface area contributed by atoms with Crippen molar-refractivity contribution in [3.8, 4) is 0 Å². The van der Waals surface area contributed by atoms with Crippen LogP contribution in [0.2, 0.25) is 0 Å². The van der Waals surface area contributed by atoms with E-state index in [9.17, 15) is 9.59 Å². The molecule has 150 valence electrons. The van der Waals surface area contributed by atoms with E-state index in [-0.39, 0.29) is 36.2 Å². The molecular formula is C19H33NO6. The van der Waals surface area contributed by atoms with Crippen molar-refractivity contribution < 1.29 is 28.5 Å². The molecule has 26 heavy (non-hydrogen) atoms. The Hall–Kier alpha value is -1.34. The summed E-state index contributed by atoms with van der Waals surface area (Å²) in [6, 6.07) is -0.145. The van der Waals surface area contributed by atoms with Crippen molar-refractivity contribution in [1.29, 1.82) is 0 Å². The van der Waals surface area contributed by atoms with Gasteiger partial charge in [-0.05, 0) is 52.9 Å². The first kappa shape index (κ1) is 21.0. The molecule has 1 saturated heterocycles. The van der Waals surface area contributed by atoms with Crippen molar-refractivity contribution >= 4 is 12.1 Å². The van der Waals surface area contributed by atoms with Crippen molar-refractivity contribution in [2.75, 3.05) is 27.4 Å². The number of ether oxygens (including phenoxy) is 4. The maximum atomic E-state index is 12.5. The second-order valence-electron chi connectivity index (χ2n) is 8.13. The Kier molecular flexibility index (Phi) is 7.29. The fourth-order valence-electron chi connectivity index (χ4n) is 3.71. The van der Waals surface area contributed by atoms with E-state index in [1.807, 2.05) is 20.8 Å². The summed E-state index contributed by atoms with van der Waals surface area (Å²) in [4.78, 5) is 25.8. The largest absolute Gasteiger partial charge is 0.469 e. The third-order valence-electron chi connectivity index (χ3n) is 5.13. The standard InChI is InChI=1S/C19H33NO6/c1-19(2,3)26-18(22)20-11-10-16(23-4)15(20)12-25-14-8-6-13(7-9-14)17(21)24-5/h13-16H,6-12H2,1-5H3/t13?,14?,15-,16+/m1/s1. The zero-order valence-corrected chi connectivity index (χ0v) is 16.7. The fourth-order valence-corrected chi connectivity index (χ4v) is 3.71. The lowest BCUT2D eigenvalue weighted by Crippen LogP contribution is -2.46. The Balaban J connectivity index is 1.87. The minimum absolute atomic E-state index is 0.0173. The van der Waals surface area contributed by atoms with Gasteiger partial charge in [0.25, 0.3) is 0 Å². The zero-order valence-electron chi connectivity index (χ0n) is 16.7. The van der Waals surface area contributed by atoms with Crippen molar-refractivity contribution in [2.45, 2.75) is 76.7 Å². The van der Waals surface area contributed by atoms with Crippen LogP contribution in [0.25, 0.3) is 0 Å². The molecule has 1 heterocycles. The van der Waals surface area contributed by atoms with Crippen molar-refractivity contribution in [2.24, 2.45) is 5.92 Å². The summed E-state index contributed by atoms with van der Waals surface area (Å²) in [5.74, 6) is -0.147. The Morgan fingerprint density at radius 3 is 2.23 bits per heavy atom. The maximum absolute atomic E-state index is 12.5. The molecule has 0 unspecified atom stereocenters. The number of carbonyl (C=O) groups is 2. The molecule has 0 radical (unpaired) electrons. The summed E-state index contributed by atoms with van der Waals surface area (Å²) in [5.41, 5.74) is -0.528. The van der Waals surface area contributed by atoms with Gasteiger partial charge >= 0.3 is 12.1 Å². The van der Waals surface area contributed by atoms with E-state index < -0.39 is 5.60 Å². The molecule has 7 heteroatoms. The highest BCUT2D eigenvalue weighted by molar-refractivity contribution is 5.72. The van der Waals surface area contributed by atoms with Crippen LogP contribution in [0, 0.1) is 5.92 Å². The number of hydrogen-bond acceptors (Lipinski definition) is 6. The predicted molar refractivity (Wildman–Crippen MR) is 95.9 cm³/mol. The van der Waals surface area contributed by atoms with Crippen molar-refractivity contribution in [3.05, 3.63) is 0 Å². The summed E-state index contributed by atoms with van der Waals surface area (Å²) < 4.78 is 22.0. The maximum Gasteiger partial charge on any atom is 0.410 e. The highest BCUT2D eigenvalue weighted by Crippen LogP contribution is 2.29. The van der Waals surface area contributed by atoms with E-state index in [1.54, 1.807) is 12.0 Å². The van der Waals surface area contributed by atoms with Crippen LogP contribution in [-0.4, -0.2) is 68.2 Å². The summed E-state index contributed by atoms with van der Waals surface area (Å²) in [6.07, 6.45) is 3.74. The van der Waals surface area contributed by atoms with Crippen LogP contribution in [0.5, 0.6) is 0 Å². The van der Waals surface area contributed by atoms with E-state index in [4.69, 9.17) is 18.9 Å². The molecule has 1 aliphatic carbocycles. The Morgan fingerprint density at radius 2 is 1.69 bits per heavy atom. The topological polar surface area (TPSA) is 74.3 Å². The molecule has 0 aromatic heterocycles. The number of carbonyl (C=O) groups excluding carboxylic acids is 2. The minimum Gasteiger partial charge on any atom is -0.469 e. The lowest BCUT2D eigenvalue weighted by atomic mass is 9.87. The monoisotopic (exact) mass is 371 g/mol. The van der Waals surface area contributed by atoms with E-state index in [0.29, 0.717) is 13.2 Å².